The molecular formula is C21H20N2O5. The minimum absolute atomic E-state index is 0.118. The molecule has 4 rings (SSSR count). The Morgan fingerprint density at radius 3 is 2.46 bits per heavy atom. The lowest BCUT2D eigenvalue weighted by molar-refractivity contribution is 0.0642. The first-order valence-electron chi connectivity index (χ1n) is 8.94. The highest BCUT2D eigenvalue weighted by atomic mass is 16.7. The third-order valence-corrected chi connectivity index (χ3v) is 4.50. The molecule has 2 aliphatic heterocycles. The molecule has 0 radical (unpaired) electrons. The lowest BCUT2D eigenvalue weighted by Crippen LogP contribution is -2.40. The van der Waals surface area contributed by atoms with Crippen molar-refractivity contribution in [1.82, 2.24) is 10.2 Å². The number of fused-ring (bicyclic) bond motifs is 2. The van der Waals surface area contributed by atoms with E-state index in [1.165, 1.54) is 17.0 Å². The van der Waals surface area contributed by atoms with Crippen molar-refractivity contribution in [1.29, 1.82) is 0 Å². The predicted octanol–water partition coefficient (Wildman–Crippen LogP) is 2.74. The minimum Gasteiger partial charge on any atom is -0.454 e. The number of amides is 3. The number of nitrogens with zero attached hydrogens (tertiary/aromatic N) is 1. The van der Waals surface area contributed by atoms with Gasteiger partial charge in [-0.3, -0.25) is 19.3 Å². The summed E-state index contributed by atoms with van der Waals surface area (Å²) >= 11 is 0. The van der Waals surface area contributed by atoms with Gasteiger partial charge in [0, 0.05) is 11.1 Å². The summed E-state index contributed by atoms with van der Waals surface area (Å²) in [6.07, 6.45) is 0. The van der Waals surface area contributed by atoms with Crippen molar-refractivity contribution in [2.24, 2.45) is 0 Å². The Morgan fingerprint density at radius 2 is 1.71 bits per heavy atom. The molecule has 0 aliphatic carbocycles. The van der Waals surface area contributed by atoms with E-state index in [4.69, 9.17) is 9.47 Å². The number of imide groups is 1. The van der Waals surface area contributed by atoms with Crippen molar-refractivity contribution < 1.29 is 23.9 Å². The van der Waals surface area contributed by atoms with Gasteiger partial charge in [-0.25, -0.2) is 0 Å². The third-order valence-electron chi connectivity index (χ3n) is 4.50. The Labute approximate surface area is 162 Å². The normalized spacial score (nSPS) is 15.0. The van der Waals surface area contributed by atoms with Crippen LogP contribution in [0, 0.1) is 0 Å². The summed E-state index contributed by atoms with van der Waals surface area (Å²) in [5.41, 5.74) is 1.25. The number of ether oxygens (including phenoxy) is 2. The van der Waals surface area contributed by atoms with Crippen LogP contribution < -0.4 is 14.8 Å². The number of hydrogen-bond acceptors (Lipinski definition) is 5. The predicted molar refractivity (Wildman–Crippen MR) is 100 cm³/mol. The van der Waals surface area contributed by atoms with Crippen molar-refractivity contribution in [3.05, 3.63) is 58.7 Å². The number of carbonyl (C=O) groups is 3. The molecule has 28 heavy (non-hydrogen) atoms. The first kappa shape index (κ1) is 18.0. The van der Waals surface area contributed by atoms with Crippen LogP contribution in [-0.4, -0.2) is 35.0 Å². The standard InChI is InChI=1S/C21H20N2O5/c1-21(2,3)22-18(24)13-5-6-14-15(9-13)20(26)23(19(14)25)10-12-4-7-16-17(8-12)28-11-27-16/h4-9H,10-11H2,1-3H3,(H,22,24). The van der Waals surface area contributed by atoms with Crippen LogP contribution in [-0.2, 0) is 6.54 Å². The van der Waals surface area contributed by atoms with Gasteiger partial charge in [-0.15, -0.1) is 0 Å². The van der Waals surface area contributed by atoms with Gasteiger partial charge in [0.25, 0.3) is 17.7 Å². The SMILES string of the molecule is CC(C)(C)NC(=O)c1ccc2c(c1)C(=O)N(Cc1ccc3c(c1)OCO3)C2=O. The highest BCUT2D eigenvalue weighted by Crippen LogP contribution is 2.34. The van der Waals surface area contributed by atoms with Gasteiger partial charge < -0.3 is 14.8 Å². The van der Waals surface area contributed by atoms with E-state index < -0.39 is 11.4 Å². The summed E-state index contributed by atoms with van der Waals surface area (Å²) in [4.78, 5) is 39.1. The van der Waals surface area contributed by atoms with E-state index in [1.54, 1.807) is 24.3 Å². The second-order valence-corrected chi connectivity index (χ2v) is 7.85. The zero-order chi connectivity index (χ0) is 20.1. The van der Waals surface area contributed by atoms with Crippen LogP contribution in [0.5, 0.6) is 11.5 Å². The molecule has 1 N–H and O–H groups in total. The van der Waals surface area contributed by atoms with Gasteiger partial charge in [0.1, 0.15) is 0 Å². The molecule has 2 aliphatic rings. The number of carbonyl (C=O) groups excluding carboxylic acids is 3. The third kappa shape index (κ3) is 3.19. The average molecular weight is 380 g/mol. The Balaban J connectivity index is 1.58. The van der Waals surface area contributed by atoms with Gasteiger partial charge in [-0.2, -0.15) is 0 Å². The van der Waals surface area contributed by atoms with Crippen molar-refractivity contribution in [2.75, 3.05) is 6.79 Å². The molecule has 7 nitrogen and oxygen atoms in total. The number of hydrogen-bond donors (Lipinski definition) is 1. The summed E-state index contributed by atoms with van der Waals surface area (Å²) in [6.45, 7) is 5.90. The average Bonchev–Trinajstić information content (AvgIpc) is 3.18. The maximum absolute atomic E-state index is 12.8. The summed E-state index contributed by atoms with van der Waals surface area (Å²) < 4.78 is 10.6. The van der Waals surface area contributed by atoms with E-state index >= 15 is 0 Å². The smallest absolute Gasteiger partial charge is 0.261 e. The second kappa shape index (κ2) is 6.37. The molecule has 2 heterocycles. The topological polar surface area (TPSA) is 84.9 Å². The fraction of sp³-hybridized carbons (Fsp3) is 0.286. The molecule has 0 aromatic heterocycles. The van der Waals surface area contributed by atoms with E-state index in [9.17, 15) is 14.4 Å². The van der Waals surface area contributed by atoms with Crippen molar-refractivity contribution in [3.63, 3.8) is 0 Å². The summed E-state index contributed by atoms with van der Waals surface area (Å²) in [5, 5.41) is 2.85. The molecule has 2 aromatic carbocycles. The Kier molecular flexibility index (Phi) is 4.10. The summed E-state index contributed by atoms with van der Waals surface area (Å²) in [5.74, 6) is 0.157. The van der Waals surface area contributed by atoms with E-state index in [0.717, 1.165) is 5.56 Å². The van der Waals surface area contributed by atoms with Gasteiger partial charge in [0.05, 0.1) is 17.7 Å². The lowest BCUT2D eigenvalue weighted by Gasteiger charge is -2.20. The summed E-state index contributed by atoms with van der Waals surface area (Å²) in [6, 6.07) is 9.89. The number of nitrogens with one attached hydrogen (secondary N) is 1. The highest BCUT2D eigenvalue weighted by Gasteiger charge is 2.36. The maximum Gasteiger partial charge on any atom is 0.261 e. The van der Waals surface area contributed by atoms with Crippen LogP contribution in [0.4, 0.5) is 0 Å². The molecule has 0 saturated carbocycles. The second-order valence-electron chi connectivity index (χ2n) is 7.85. The first-order valence-corrected chi connectivity index (χ1v) is 8.94. The fourth-order valence-corrected chi connectivity index (χ4v) is 3.21. The highest BCUT2D eigenvalue weighted by molar-refractivity contribution is 6.22. The Morgan fingerprint density at radius 1 is 1.00 bits per heavy atom. The first-order chi connectivity index (χ1) is 13.2. The molecule has 0 spiro atoms. The molecule has 0 saturated heterocycles. The zero-order valence-corrected chi connectivity index (χ0v) is 15.9. The summed E-state index contributed by atoms with van der Waals surface area (Å²) in [7, 11) is 0. The molecule has 3 amide bonds. The van der Waals surface area contributed by atoms with E-state index in [2.05, 4.69) is 5.32 Å². The van der Waals surface area contributed by atoms with Crippen LogP contribution >= 0.6 is 0 Å². The molecule has 0 fully saturated rings. The molecule has 7 heteroatoms. The quantitative estimate of drug-likeness (QED) is 0.828. The van der Waals surface area contributed by atoms with Gasteiger partial charge in [0.2, 0.25) is 6.79 Å². The minimum atomic E-state index is -0.414. The molecule has 0 unspecified atom stereocenters. The molecule has 144 valence electrons. The molecule has 2 aromatic rings. The van der Waals surface area contributed by atoms with Crippen LogP contribution in [0.15, 0.2) is 36.4 Å². The van der Waals surface area contributed by atoms with Crippen molar-refractivity contribution >= 4 is 17.7 Å². The van der Waals surface area contributed by atoms with E-state index in [-0.39, 0.29) is 30.7 Å². The largest absolute Gasteiger partial charge is 0.454 e. The van der Waals surface area contributed by atoms with Crippen molar-refractivity contribution in [2.45, 2.75) is 32.9 Å². The van der Waals surface area contributed by atoms with Crippen LogP contribution in [0.1, 0.15) is 57.4 Å². The Hall–Kier alpha value is -3.35. The lowest BCUT2D eigenvalue weighted by atomic mass is 10.0. The molecule has 0 bridgehead atoms. The van der Waals surface area contributed by atoms with Gasteiger partial charge in [0.15, 0.2) is 11.5 Å². The van der Waals surface area contributed by atoms with Crippen molar-refractivity contribution in [3.8, 4) is 11.5 Å². The van der Waals surface area contributed by atoms with Gasteiger partial charge in [-0.05, 0) is 56.7 Å². The van der Waals surface area contributed by atoms with Gasteiger partial charge >= 0.3 is 0 Å². The maximum atomic E-state index is 12.8. The van der Waals surface area contributed by atoms with Crippen LogP contribution in [0.3, 0.4) is 0 Å². The van der Waals surface area contributed by atoms with Crippen LogP contribution in [0.25, 0.3) is 0 Å². The molecular weight excluding hydrogens is 360 g/mol. The monoisotopic (exact) mass is 380 g/mol. The van der Waals surface area contributed by atoms with E-state index in [0.29, 0.717) is 22.6 Å². The number of benzene rings is 2. The van der Waals surface area contributed by atoms with Gasteiger partial charge in [-0.1, -0.05) is 6.07 Å². The fourth-order valence-electron chi connectivity index (χ4n) is 3.21. The van der Waals surface area contributed by atoms with Crippen LogP contribution in [0.2, 0.25) is 0 Å². The Bertz CT molecular complexity index is 1010. The van der Waals surface area contributed by atoms with E-state index in [1.807, 2.05) is 20.8 Å². The zero-order valence-electron chi connectivity index (χ0n) is 15.9. The molecule has 0 atom stereocenters. The number of rotatable bonds is 3.